The Kier molecular flexibility index (Phi) is 7.08. The van der Waals surface area contributed by atoms with Gasteiger partial charge in [0.2, 0.25) is 0 Å². The van der Waals surface area contributed by atoms with Gasteiger partial charge < -0.3 is 5.11 Å². The van der Waals surface area contributed by atoms with Crippen molar-refractivity contribution in [2.45, 2.75) is 0 Å². The van der Waals surface area contributed by atoms with Crippen molar-refractivity contribution in [3.63, 3.8) is 0 Å². The third-order valence-electron chi connectivity index (χ3n) is 0.902. The molecule has 0 aliphatic carbocycles. The van der Waals surface area contributed by atoms with Crippen molar-refractivity contribution in [1.82, 2.24) is 0 Å². The van der Waals surface area contributed by atoms with Crippen LogP contribution in [0.1, 0.15) is 0 Å². The van der Waals surface area contributed by atoms with Gasteiger partial charge in [-0.3, -0.25) is 9.98 Å². The van der Waals surface area contributed by atoms with Gasteiger partial charge >= 0.3 is 0 Å². The summed E-state index contributed by atoms with van der Waals surface area (Å²) in [4.78, 5) is 8.47. The maximum atomic E-state index is 8.41. The zero-order valence-electron chi connectivity index (χ0n) is 6.53. The Balaban J connectivity index is 3.86. The van der Waals surface area contributed by atoms with Gasteiger partial charge in [-0.05, 0) is 13.0 Å². The highest BCUT2D eigenvalue weighted by Crippen LogP contribution is 2.07. The van der Waals surface area contributed by atoms with Gasteiger partial charge in [0.1, 0.15) is 0 Å². The first-order valence-corrected chi connectivity index (χ1v) is 4.38. The van der Waals surface area contributed by atoms with Crippen LogP contribution in [-0.4, -0.2) is 37.4 Å². The second kappa shape index (κ2) is 7.50. The molecule has 1 N–H and O–H groups in total. The fourth-order valence-electron chi connectivity index (χ4n) is 0.441. The lowest BCUT2D eigenvalue weighted by molar-refractivity contribution is 0.307. The summed E-state index contributed by atoms with van der Waals surface area (Å²) in [6.07, 6.45) is 5.24. The van der Waals surface area contributed by atoms with E-state index in [1.165, 1.54) is 0 Å². The molecule has 0 atom stereocenters. The number of rotatable bonds is 5. The van der Waals surface area contributed by atoms with Crippen LogP contribution in [0.4, 0.5) is 0 Å². The van der Waals surface area contributed by atoms with Gasteiger partial charge in [0.25, 0.3) is 0 Å². The Bertz CT molecular complexity index is 166. The summed E-state index contributed by atoms with van der Waals surface area (Å²) >= 11 is 1.54. The highest BCUT2D eigenvalue weighted by Gasteiger charge is 1.86. The van der Waals surface area contributed by atoms with E-state index in [2.05, 4.69) is 16.7 Å². The van der Waals surface area contributed by atoms with Crippen molar-refractivity contribution >= 4 is 24.7 Å². The Labute approximate surface area is 70.9 Å². The molecule has 0 spiro atoms. The molecule has 0 fully saturated rings. The van der Waals surface area contributed by atoms with Crippen LogP contribution in [0.2, 0.25) is 0 Å². The molecule has 0 aliphatic rings. The molecule has 0 rings (SSSR count). The third-order valence-corrected chi connectivity index (χ3v) is 1.58. The maximum absolute atomic E-state index is 8.41. The molecule has 4 heteroatoms. The van der Waals surface area contributed by atoms with E-state index in [0.717, 1.165) is 4.91 Å². The molecule has 0 aliphatic heterocycles. The van der Waals surface area contributed by atoms with Gasteiger partial charge in [-0.2, -0.15) is 0 Å². The Hall–Kier alpha value is -0.610. The molecule has 0 heterocycles. The minimum atomic E-state index is 0.0830. The molecular formula is C7H12N2OS. The van der Waals surface area contributed by atoms with Crippen LogP contribution in [0.25, 0.3) is 0 Å². The molecule has 0 aromatic rings. The van der Waals surface area contributed by atoms with Gasteiger partial charge in [0, 0.05) is 17.3 Å². The second-order valence-corrected chi connectivity index (χ2v) is 2.56. The average Bonchev–Trinajstić information content (AvgIpc) is 2.03. The molecule has 0 bridgehead atoms. The minimum absolute atomic E-state index is 0.0830. The van der Waals surface area contributed by atoms with Gasteiger partial charge in [0.05, 0.1) is 13.2 Å². The summed E-state index contributed by atoms with van der Waals surface area (Å²) in [7, 11) is 0. The van der Waals surface area contributed by atoms with Crippen LogP contribution in [-0.2, 0) is 0 Å². The number of nitrogens with zero attached hydrogens (tertiary/aromatic N) is 2. The number of aliphatic hydroxyl groups excluding tert-OH is 1. The predicted molar refractivity (Wildman–Crippen MR) is 51.6 cm³/mol. The molecule has 0 aromatic carbocycles. The highest BCUT2D eigenvalue weighted by molar-refractivity contribution is 8.03. The molecule has 0 radical (unpaired) electrons. The smallest absolute Gasteiger partial charge is 0.0626 e. The van der Waals surface area contributed by atoms with Crippen LogP contribution >= 0.6 is 11.8 Å². The van der Waals surface area contributed by atoms with Gasteiger partial charge in [-0.1, -0.05) is 0 Å². The normalized spacial score (nSPS) is 12.4. The molecule has 0 aromatic heterocycles. The monoisotopic (exact) mass is 172 g/mol. The van der Waals surface area contributed by atoms with Crippen LogP contribution in [0, 0.1) is 0 Å². The molecule has 62 valence electrons. The maximum Gasteiger partial charge on any atom is 0.0626 e. The van der Waals surface area contributed by atoms with Crippen molar-refractivity contribution in [3.8, 4) is 0 Å². The van der Waals surface area contributed by atoms with Crippen molar-refractivity contribution in [2.24, 2.45) is 9.98 Å². The zero-order valence-corrected chi connectivity index (χ0v) is 7.34. The Morgan fingerprint density at radius 1 is 1.73 bits per heavy atom. The first-order valence-electron chi connectivity index (χ1n) is 3.15. The molecule has 11 heavy (non-hydrogen) atoms. The van der Waals surface area contributed by atoms with Gasteiger partial charge in [-0.15, -0.1) is 11.8 Å². The van der Waals surface area contributed by atoms with Crippen LogP contribution in [0.3, 0.4) is 0 Å². The van der Waals surface area contributed by atoms with Crippen LogP contribution in [0.5, 0.6) is 0 Å². The molecule has 3 nitrogen and oxygen atoms in total. The number of aliphatic hydroxyl groups is 1. The van der Waals surface area contributed by atoms with Crippen molar-refractivity contribution in [1.29, 1.82) is 0 Å². The summed E-state index contributed by atoms with van der Waals surface area (Å²) in [5.41, 5.74) is 0. The minimum Gasteiger partial charge on any atom is -0.394 e. The summed E-state index contributed by atoms with van der Waals surface area (Å²) in [5, 5.41) is 8.41. The highest BCUT2D eigenvalue weighted by atomic mass is 32.2. The standard InChI is InChI=1S/C7H12N2OS/c1-8-5-7(11-2)6-9-3-4-10/h5-6,10H,1,3-4H2,2H3/b7-5+,9-6?. The second-order valence-electron chi connectivity index (χ2n) is 1.68. The summed E-state index contributed by atoms with van der Waals surface area (Å²) < 4.78 is 0. The number of hydrogen-bond donors (Lipinski definition) is 1. The van der Waals surface area contributed by atoms with E-state index in [0.29, 0.717) is 6.54 Å². The van der Waals surface area contributed by atoms with Gasteiger partial charge in [-0.25, -0.2) is 0 Å². The summed E-state index contributed by atoms with van der Waals surface area (Å²) in [5.74, 6) is 0. The predicted octanol–water partition coefficient (Wildman–Crippen LogP) is 0.955. The molecule has 0 unspecified atom stereocenters. The molecular weight excluding hydrogens is 160 g/mol. The van der Waals surface area contributed by atoms with E-state index >= 15 is 0 Å². The van der Waals surface area contributed by atoms with E-state index in [-0.39, 0.29) is 6.61 Å². The Morgan fingerprint density at radius 3 is 2.91 bits per heavy atom. The van der Waals surface area contributed by atoms with E-state index in [9.17, 15) is 0 Å². The summed E-state index contributed by atoms with van der Waals surface area (Å²) in [6, 6.07) is 0. The van der Waals surface area contributed by atoms with Crippen LogP contribution in [0.15, 0.2) is 21.1 Å². The van der Waals surface area contributed by atoms with E-state index in [1.807, 2.05) is 6.26 Å². The fraction of sp³-hybridized carbons (Fsp3) is 0.429. The van der Waals surface area contributed by atoms with Crippen LogP contribution < -0.4 is 0 Å². The fourth-order valence-corrected chi connectivity index (χ4v) is 0.801. The lowest BCUT2D eigenvalue weighted by atomic mass is 10.6. The third kappa shape index (κ3) is 5.82. The molecule has 0 saturated heterocycles. The molecule has 0 saturated carbocycles. The zero-order chi connectivity index (χ0) is 8.53. The summed E-state index contributed by atoms with van der Waals surface area (Å²) in [6.45, 7) is 3.85. The van der Waals surface area contributed by atoms with E-state index in [4.69, 9.17) is 5.11 Å². The number of thioether (sulfide) groups is 1. The Morgan fingerprint density at radius 2 is 2.45 bits per heavy atom. The lowest BCUT2D eigenvalue weighted by Gasteiger charge is -1.91. The van der Waals surface area contributed by atoms with Gasteiger partial charge in [0.15, 0.2) is 0 Å². The number of allylic oxidation sites excluding steroid dienone is 1. The topological polar surface area (TPSA) is 45.0 Å². The van der Waals surface area contributed by atoms with Crippen molar-refractivity contribution in [2.75, 3.05) is 19.4 Å². The van der Waals surface area contributed by atoms with E-state index < -0.39 is 0 Å². The largest absolute Gasteiger partial charge is 0.394 e. The number of aliphatic imine (C=N–C) groups is 2. The first kappa shape index (κ1) is 10.4. The lowest BCUT2D eigenvalue weighted by Crippen LogP contribution is -1.88. The average molecular weight is 172 g/mol. The van der Waals surface area contributed by atoms with E-state index in [1.54, 1.807) is 24.2 Å². The quantitative estimate of drug-likeness (QED) is 0.628. The first-order chi connectivity index (χ1) is 5.35. The molecule has 0 amide bonds. The van der Waals surface area contributed by atoms with Crippen molar-refractivity contribution in [3.05, 3.63) is 11.1 Å². The SMILES string of the molecule is C=N/C=C(\C=NCCO)SC. The number of hydrogen-bond acceptors (Lipinski definition) is 4. The van der Waals surface area contributed by atoms with Crippen molar-refractivity contribution < 1.29 is 5.11 Å².